The molecule has 0 saturated heterocycles. The number of thiophene rings is 1. The summed E-state index contributed by atoms with van der Waals surface area (Å²) in [6.07, 6.45) is 2.04. The largest absolute Gasteiger partial charge is 0.323 e. The van der Waals surface area contributed by atoms with Gasteiger partial charge in [-0.1, -0.05) is 30.3 Å². The Hall–Kier alpha value is -0.640. The zero-order valence-corrected chi connectivity index (χ0v) is 11.3. The van der Waals surface area contributed by atoms with Crippen molar-refractivity contribution in [3.8, 4) is 0 Å². The van der Waals surface area contributed by atoms with Crippen molar-refractivity contribution in [1.29, 1.82) is 0 Å². The lowest BCUT2D eigenvalue weighted by atomic mass is 10.1. The van der Waals surface area contributed by atoms with E-state index in [-0.39, 0.29) is 6.04 Å². The molecule has 1 heterocycles. The molecule has 3 heteroatoms. The first-order valence-electron chi connectivity index (χ1n) is 5.29. The molecule has 84 valence electrons. The van der Waals surface area contributed by atoms with Gasteiger partial charge in [-0.2, -0.15) is 0 Å². The molecular weight excluding hydrogens is 282 g/mol. The lowest BCUT2D eigenvalue weighted by Crippen LogP contribution is -2.09. The smallest absolute Gasteiger partial charge is 0.0393 e. The lowest BCUT2D eigenvalue weighted by Gasteiger charge is -2.09. The fraction of sp³-hybridized carbons (Fsp3) is 0.231. The molecule has 1 nitrogen and oxygen atoms in total. The first-order valence-corrected chi connectivity index (χ1v) is 6.96. The highest BCUT2D eigenvalue weighted by Gasteiger charge is 2.08. The average molecular weight is 296 g/mol. The number of hydrogen-bond acceptors (Lipinski definition) is 2. The molecule has 0 bridgehead atoms. The normalized spacial score (nSPS) is 12.6. The minimum atomic E-state index is 0.150. The van der Waals surface area contributed by atoms with E-state index in [4.69, 9.17) is 5.73 Å². The fourth-order valence-corrected chi connectivity index (χ4v) is 3.11. The van der Waals surface area contributed by atoms with Crippen LogP contribution < -0.4 is 5.73 Å². The molecule has 0 aliphatic rings. The Morgan fingerprint density at radius 3 is 2.62 bits per heavy atom. The summed E-state index contributed by atoms with van der Waals surface area (Å²) in [4.78, 5) is 1.25. The Labute approximate surface area is 108 Å². The number of aryl methyl sites for hydroxylation is 1. The summed E-state index contributed by atoms with van der Waals surface area (Å²) in [5, 5.41) is 2.08. The van der Waals surface area contributed by atoms with E-state index in [1.807, 2.05) is 6.07 Å². The van der Waals surface area contributed by atoms with Crippen LogP contribution in [0.5, 0.6) is 0 Å². The molecule has 0 saturated carbocycles. The summed E-state index contributed by atoms with van der Waals surface area (Å²) >= 11 is 5.17. The fourth-order valence-electron chi connectivity index (χ4n) is 1.63. The van der Waals surface area contributed by atoms with Gasteiger partial charge in [0.2, 0.25) is 0 Å². The van der Waals surface area contributed by atoms with Crippen LogP contribution >= 0.6 is 27.3 Å². The van der Waals surface area contributed by atoms with Crippen molar-refractivity contribution >= 4 is 27.3 Å². The third-order valence-corrected chi connectivity index (χ3v) is 4.37. The minimum Gasteiger partial charge on any atom is -0.323 e. The van der Waals surface area contributed by atoms with E-state index in [0.717, 1.165) is 17.3 Å². The average Bonchev–Trinajstić information content (AvgIpc) is 2.74. The standard InChI is InChI=1S/C13H14BrNS/c14-11-8-13(16-9-11)12(15)7-6-10-4-2-1-3-5-10/h1-5,8-9,12H,6-7,15H2. The van der Waals surface area contributed by atoms with Crippen LogP contribution in [0.3, 0.4) is 0 Å². The van der Waals surface area contributed by atoms with Gasteiger partial charge in [-0.25, -0.2) is 0 Å². The lowest BCUT2D eigenvalue weighted by molar-refractivity contribution is 0.662. The molecule has 0 aliphatic carbocycles. The van der Waals surface area contributed by atoms with Gasteiger partial charge < -0.3 is 5.73 Å². The van der Waals surface area contributed by atoms with E-state index < -0.39 is 0 Å². The van der Waals surface area contributed by atoms with Crippen molar-refractivity contribution in [3.63, 3.8) is 0 Å². The van der Waals surface area contributed by atoms with Gasteiger partial charge in [-0.05, 0) is 40.4 Å². The molecule has 1 atom stereocenters. The van der Waals surface area contributed by atoms with Crippen LogP contribution in [0.4, 0.5) is 0 Å². The Bertz CT molecular complexity index is 438. The molecule has 0 spiro atoms. The third kappa shape index (κ3) is 3.17. The Kier molecular flexibility index (Phi) is 4.16. The van der Waals surface area contributed by atoms with E-state index in [1.165, 1.54) is 10.4 Å². The van der Waals surface area contributed by atoms with Gasteiger partial charge in [0, 0.05) is 20.8 Å². The third-order valence-electron chi connectivity index (χ3n) is 2.54. The van der Waals surface area contributed by atoms with Gasteiger partial charge in [0.05, 0.1) is 0 Å². The molecule has 0 fully saturated rings. The summed E-state index contributed by atoms with van der Waals surface area (Å²) < 4.78 is 1.13. The Morgan fingerprint density at radius 1 is 1.25 bits per heavy atom. The van der Waals surface area contributed by atoms with E-state index in [0.29, 0.717) is 0 Å². The predicted octanol–water partition coefficient (Wildman–Crippen LogP) is 4.14. The zero-order valence-electron chi connectivity index (χ0n) is 8.90. The summed E-state index contributed by atoms with van der Waals surface area (Å²) in [5.74, 6) is 0. The summed E-state index contributed by atoms with van der Waals surface area (Å²) in [6, 6.07) is 12.7. The zero-order chi connectivity index (χ0) is 11.4. The van der Waals surface area contributed by atoms with Crippen LogP contribution in [0.2, 0.25) is 0 Å². The summed E-state index contributed by atoms with van der Waals surface area (Å²) in [6.45, 7) is 0. The Balaban J connectivity index is 1.91. The van der Waals surface area contributed by atoms with Gasteiger partial charge >= 0.3 is 0 Å². The van der Waals surface area contributed by atoms with E-state index in [1.54, 1.807) is 11.3 Å². The molecule has 1 aromatic carbocycles. The maximum absolute atomic E-state index is 6.15. The second kappa shape index (κ2) is 5.62. The molecular formula is C13H14BrNS. The van der Waals surface area contributed by atoms with Crippen molar-refractivity contribution in [2.75, 3.05) is 0 Å². The molecule has 2 aromatic rings. The van der Waals surface area contributed by atoms with E-state index in [2.05, 4.69) is 51.6 Å². The second-order valence-corrected chi connectivity index (χ2v) is 5.66. The predicted molar refractivity (Wildman–Crippen MR) is 73.7 cm³/mol. The highest BCUT2D eigenvalue weighted by atomic mass is 79.9. The SMILES string of the molecule is NC(CCc1ccccc1)c1cc(Br)cs1. The molecule has 0 radical (unpaired) electrons. The van der Waals surface area contributed by atoms with Gasteiger partial charge in [0.15, 0.2) is 0 Å². The van der Waals surface area contributed by atoms with Crippen molar-refractivity contribution in [2.24, 2.45) is 5.73 Å². The van der Waals surface area contributed by atoms with Crippen molar-refractivity contribution in [1.82, 2.24) is 0 Å². The highest BCUT2D eigenvalue weighted by molar-refractivity contribution is 9.10. The van der Waals surface area contributed by atoms with E-state index >= 15 is 0 Å². The highest BCUT2D eigenvalue weighted by Crippen LogP contribution is 2.26. The van der Waals surface area contributed by atoms with Gasteiger partial charge in [0.1, 0.15) is 0 Å². The molecule has 1 aromatic heterocycles. The minimum absolute atomic E-state index is 0.150. The molecule has 2 rings (SSSR count). The Morgan fingerprint density at radius 2 is 2.00 bits per heavy atom. The van der Waals surface area contributed by atoms with Gasteiger partial charge in [0.25, 0.3) is 0 Å². The van der Waals surface area contributed by atoms with Crippen LogP contribution in [0.25, 0.3) is 0 Å². The monoisotopic (exact) mass is 295 g/mol. The van der Waals surface area contributed by atoms with Crippen LogP contribution in [-0.2, 0) is 6.42 Å². The second-order valence-electron chi connectivity index (χ2n) is 3.80. The van der Waals surface area contributed by atoms with E-state index in [9.17, 15) is 0 Å². The summed E-state index contributed by atoms with van der Waals surface area (Å²) in [7, 11) is 0. The number of nitrogens with two attached hydrogens (primary N) is 1. The van der Waals surface area contributed by atoms with Gasteiger partial charge in [-0.3, -0.25) is 0 Å². The number of rotatable bonds is 4. The molecule has 0 aliphatic heterocycles. The quantitative estimate of drug-likeness (QED) is 0.901. The topological polar surface area (TPSA) is 26.0 Å². The van der Waals surface area contributed by atoms with Crippen molar-refractivity contribution in [3.05, 3.63) is 56.7 Å². The number of hydrogen-bond donors (Lipinski definition) is 1. The maximum atomic E-state index is 6.15. The van der Waals surface area contributed by atoms with Crippen LogP contribution in [-0.4, -0.2) is 0 Å². The number of benzene rings is 1. The van der Waals surface area contributed by atoms with Crippen molar-refractivity contribution in [2.45, 2.75) is 18.9 Å². The van der Waals surface area contributed by atoms with Gasteiger partial charge in [-0.15, -0.1) is 11.3 Å². The first kappa shape index (κ1) is 11.8. The first-order chi connectivity index (χ1) is 7.75. The van der Waals surface area contributed by atoms with Crippen LogP contribution in [0.15, 0.2) is 46.3 Å². The summed E-state index contributed by atoms with van der Waals surface area (Å²) in [5.41, 5.74) is 7.50. The number of halogens is 1. The molecule has 16 heavy (non-hydrogen) atoms. The molecule has 1 unspecified atom stereocenters. The van der Waals surface area contributed by atoms with Crippen LogP contribution in [0, 0.1) is 0 Å². The molecule has 2 N–H and O–H groups in total. The molecule has 0 amide bonds. The van der Waals surface area contributed by atoms with Crippen LogP contribution in [0.1, 0.15) is 22.9 Å². The van der Waals surface area contributed by atoms with Crippen molar-refractivity contribution < 1.29 is 0 Å². The maximum Gasteiger partial charge on any atom is 0.0393 e.